The van der Waals surface area contributed by atoms with Crippen molar-refractivity contribution in [2.24, 2.45) is 0 Å². The number of benzene rings is 2. The fourth-order valence-corrected chi connectivity index (χ4v) is 2.48. The van der Waals surface area contributed by atoms with Gasteiger partial charge < -0.3 is 19.7 Å². The summed E-state index contributed by atoms with van der Waals surface area (Å²) in [7, 11) is 4.22. The van der Waals surface area contributed by atoms with Gasteiger partial charge in [-0.3, -0.25) is 4.79 Å². The second kappa shape index (κ2) is 9.69. The van der Waals surface area contributed by atoms with E-state index < -0.39 is 0 Å². The first-order valence-corrected chi connectivity index (χ1v) is 8.56. The number of hydrogen-bond acceptors (Lipinski definition) is 3. The van der Waals surface area contributed by atoms with Crippen molar-refractivity contribution in [3.63, 3.8) is 0 Å². The summed E-state index contributed by atoms with van der Waals surface area (Å²) in [6, 6.07) is 15.4. The van der Waals surface area contributed by atoms with Crippen LogP contribution in [-0.4, -0.2) is 33.2 Å². The quantitative estimate of drug-likeness (QED) is 0.724. The first-order chi connectivity index (χ1) is 12.1. The van der Waals surface area contributed by atoms with Crippen LogP contribution in [0.25, 0.3) is 0 Å². The van der Waals surface area contributed by atoms with Gasteiger partial charge in [0.1, 0.15) is 18.0 Å². The molecule has 5 nitrogen and oxygen atoms in total. The molecule has 0 radical (unpaired) electrons. The van der Waals surface area contributed by atoms with E-state index >= 15 is 0 Å². The molecule has 0 saturated carbocycles. The van der Waals surface area contributed by atoms with Crippen LogP contribution in [0.4, 0.5) is 0 Å². The molecule has 2 aromatic rings. The highest BCUT2D eigenvalue weighted by atomic mass is 16.5. The Kier molecular flexibility index (Phi) is 7.29. The van der Waals surface area contributed by atoms with Crippen LogP contribution < -0.4 is 19.7 Å². The Morgan fingerprint density at radius 2 is 1.56 bits per heavy atom. The van der Waals surface area contributed by atoms with Gasteiger partial charge in [0.05, 0.1) is 20.7 Å². The zero-order valence-electron chi connectivity index (χ0n) is 15.2. The van der Waals surface area contributed by atoms with E-state index in [9.17, 15) is 4.79 Å². The van der Waals surface area contributed by atoms with E-state index in [1.807, 2.05) is 37.3 Å². The fourth-order valence-electron chi connectivity index (χ4n) is 2.48. The topological polar surface area (TPSA) is 52.0 Å². The summed E-state index contributed by atoms with van der Waals surface area (Å²) in [6.07, 6.45) is 0. The number of nitrogens with one attached hydrogen (secondary N) is 2. The molecule has 0 aliphatic heterocycles. The van der Waals surface area contributed by atoms with E-state index in [0.717, 1.165) is 17.9 Å². The molecule has 2 rings (SSSR count). The molecule has 0 saturated heterocycles. The summed E-state index contributed by atoms with van der Waals surface area (Å²) in [4.78, 5) is 13.4. The fraction of sp³-hybridized carbons (Fsp3) is 0.350. The number of carbonyl (C=O) groups is 1. The van der Waals surface area contributed by atoms with Crippen molar-refractivity contribution in [1.29, 1.82) is 0 Å². The molecule has 1 amide bonds. The molecule has 134 valence electrons. The molecule has 0 aromatic heterocycles. The Labute approximate surface area is 149 Å². The number of carbonyl (C=O) groups excluding carboxylic acids is 1. The molecule has 0 spiro atoms. The number of amides is 1. The van der Waals surface area contributed by atoms with Crippen LogP contribution >= 0.6 is 0 Å². The summed E-state index contributed by atoms with van der Waals surface area (Å²) < 4.78 is 10.9. The molecule has 0 aliphatic rings. The third kappa shape index (κ3) is 6.47. The third-order valence-corrected chi connectivity index (χ3v) is 3.64. The first-order valence-electron chi connectivity index (χ1n) is 8.56. The third-order valence-electron chi connectivity index (χ3n) is 3.64. The summed E-state index contributed by atoms with van der Waals surface area (Å²) in [5.41, 5.74) is 2.38. The summed E-state index contributed by atoms with van der Waals surface area (Å²) in [5, 5.41) is 2.92. The predicted octanol–water partition coefficient (Wildman–Crippen LogP) is 1.43. The van der Waals surface area contributed by atoms with Crippen molar-refractivity contribution in [2.75, 3.05) is 27.3 Å². The maximum absolute atomic E-state index is 12.0. The highest BCUT2D eigenvalue weighted by molar-refractivity contribution is 5.77. The molecule has 2 N–H and O–H groups in total. The summed E-state index contributed by atoms with van der Waals surface area (Å²) >= 11 is 0. The SMILES string of the molecule is CCOc1ccc(OCC(=O)NCc2ccccc2C[NH+](C)C)cc1. The second-order valence-electron chi connectivity index (χ2n) is 6.12. The molecule has 25 heavy (non-hydrogen) atoms. The normalized spacial score (nSPS) is 10.6. The molecular weight excluding hydrogens is 316 g/mol. The average Bonchev–Trinajstić information content (AvgIpc) is 2.60. The van der Waals surface area contributed by atoms with Gasteiger partial charge in [0.25, 0.3) is 5.91 Å². The number of hydrogen-bond donors (Lipinski definition) is 2. The molecule has 0 unspecified atom stereocenters. The van der Waals surface area contributed by atoms with E-state index in [1.165, 1.54) is 10.5 Å². The van der Waals surface area contributed by atoms with Gasteiger partial charge in [-0.25, -0.2) is 0 Å². The summed E-state index contributed by atoms with van der Waals surface area (Å²) in [6.45, 7) is 3.99. The molecule has 0 aliphatic carbocycles. The van der Waals surface area contributed by atoms with E-state index in [-0.39, 0.29) is 12.5 Å². The lowest BCUT2D eigenvalue weighted by molar-refractivity contribution is -0.872. The van der Waals surface area contributed by atoms with E-state index in [0.29, 0.717) is 18.9 Å². The molecule has 0 bridgehead atoms. The Hall–Kier alpha value is -2.53. The Bertz CT molecular complexity index is 669. The highest BCUT2D eigenvalue weighted by Crippen LogP contribution is 2.17. The lowest BCUT2D eigenvalue weighted by atomic mass is 10.1. The molecule has 2 aromatic carbocycles. The Balaban J connectivity index is 1.81. The van der Waals surface area contributed by atoms with Crippen LogP contribution in [0, 0.1) is 0 Å². The van der Waals surface area contributed by atoms with Gasteiger partial charge in [-0.15, -0.1) is 0 Å². The standard InChI is InChI=1S/C20H26N2O3/c1-4-24-18-9-11-19(12-10-18)25-15-20(23)21-13-16-7-5-6-8-17(16)14-22(2)3/h5-12H,4,13-15H2,1-3H3,(H,21,23)/p+1. The first kappa shape index (κ1) is 18.8. The van der Waals surface area contributed by atoms with Gasteiger partial charge in [-0.1, -0.05) is 24.3 Å². The molecular formula is C20H27N2O3+. The van der Waals surface area contributed by atoms with Crippen molar-refractivity contribution in [1.82, 2.24) is 5.32 Å². The molecule has 5 heteroatoms. The highest BCUT2D eigenvalue weighted by Gasteiger charge is 2.08. The largest absolute Gasteiger partial charge is 0.494 e. The minimum atomic E-state index is -0.138. The van der Waals surface area contributed by atoms with Gasteiger partial charge in [-0.05, 0) is 36.8 Å². The van der Waals surface area contributed by atoms with Crippen LogP contribution in [0.5, 0.6) is 11.5 Å². The Morgan fingerprint density at radius 3 is 2.16 bits per heavy atom. The van der Waals surface area contributed by atoms with Crippen molar-refractivity contribution < 1.29 is 19.2 Å². The van der Waals surface area contributed by atoms with Crippen molar-refractivity contribution in [3.05, 3.63) is 59.7 Å². The summed E-state index contributed by atoms with van der Waals surface area (Å²) in [5.74, 6) is 1.30. The zero-order valence-corrected chi connectivity index (χ0v) is 15.2. The lowest BCUT2D eigenvalue weighted by Gasteiger charge is -2.13. The number of rotatable bonds is 9. The maximum atomic E-state index is 12.0. The van der Waals surface area contributed by atoms with Gasteiger partial charge in [0.2, 0.25) is 0 Å². The second-order valence-corrected chi connectivity index (χ2v) is 6.12. The van der Waals surface area contributed by atoms with Crippen LogP contribution in [0.1, 0.15) is 18.1 Å². The van der Waals surface area contributed by atoms with Crippen LogP contribution in [0.3, 0.4) is 0 Å². The zero-order chi connectivity index (χ0) is 18.1. The monoisotopic (exact) mass is 343 g/mol. The minimum Gasteiger partial charge on any atom is -0.494 e. The van der Waals surface area contributed by atoms with Gasteiger partial charge in [0.15, 0.2) is 6.61 Å². The van der Waals surface area contributed by atoms with E-state index in [1.54, 1.807) is 12.1 Å². The van der Waals surface area contributed by atoms with Crippen LogP contribution in [0.2, 0.25) is 0 Å². The van der Waals surface area contributed by atoms with Crippen LogP contribution in [0.15, 0.2) is 48.5 Å². The van der Waals surface area contributed by atoms with Gasteiger partial charge >= 0.3 is 0 Å². The molecule has 0 heterocycles. The molecule has 0 fully saturated rings. The van der Waals surface area contributed by atoms with E-state index in [4.69, 9.17) is 9.47 Å². The van der Waals surface area contributed by atoms with Crippen molar-refractivity contribution in [2.45, 2.75) is 20.0 Å². The maximum Gasteiger partial charge on any atom is 0.258 e. The van der Waals surface area contributed by atoms with Crippen LogP contribution in [-0.2, 0) is 17.9 Å². The lowest BCUT2D eigenvalue weighted by Crippen LogP contribution is -3.04. The van der Waals surface area contributed by atoms with E-state index in [2.05, 4.69) is 25.5 Å². The van der Waals surface area contributed by atoms with Crippen molar-refractivity contribution >= 4 is 5.91 Å². The minimum absolute atomic E-state index is 0.00488. The van der Waals surface area contributed by atoms with Gasteiger partial charge in [0, 0.05) is 12.1 Å². The molecule has 0 atom stereocenters. The number of ether oxygens (including phenoxy) is 2. The Morgan fingerprint density at radius 1 is 0.960 bits per heavy atom. The smallest absolute Gasteiger partial charge is 0.258 e. The predicted molar refractivity (Wildman–Crippen MR) is 97.9 cm³/mol. The average molecular weight is 343 g/mol. The number of quaternary nitrogens is 1. The van der Waals surface area contributed by atoms with Gasteiger partial charge in [-0.2, -0.15) is 0 Å². The van der Waals surface area contributed by atoms with Crippen molar-refractivity contribution in [3.8, 4) is 11.5 Å².